The Balaban J connectivity index is 1.83. The molecule has 1 aromatic carbocycles. The third-order valence-corrected chi connectivity index (χ3v) is 3.74. The normalized spacial score (nSPS) is 26.0. The lowest BCUT2D eigenvalue weighted by Gasteiger charge is -2.28. The van der Waals surface area contributed by atoms with Crippen LogP contribution < -0.4 is 0 Å². The van der Waals surface area contributed by atoms with Crippen molar-refractivity contribution >= 4 is 11.6 Å². The molecule has 0 aliphatic carbocycles. The summed E-state index contributed by atoms with van der Waals surface area (Å²) in [4.78, 5) is 4.05. The molecule has 1 aromatic heterocycles. The maximum absolute atomic E-state index is 6.07. The predicted molar refractivity (Wildman–Crippen MR) is 76.5 cm³/mol. The van der Waals surface area contributed by atoms with E-state index in [9.17, 15) is 0 Å². The van der Waals surface area contributed by atoms with E-state index in [1.165, 1.54) is 0 Å². The zero-order valence-electron chi connectivity index (χ0n) is 11.3. The van der Waals surface area contributed by atoms with Gasteiger partial charge < -0.3 is 14.0 Å². The monoisotopic (exact) mass is 292 g/mol. The molecule has 20 heavy (non-hydrogen) atoms. The van der Waals surface area contributed by atoms with Gasteiger partial charge in [0.05, 0.1) is 19.0 Å². The summed E-state index contributed by atoms with van der Waals surface area (Å²) in [5, 5.41) is 0.713. The lowest BCUT2D eigenvalue weighted by Crippen LogP contribution is -2.29. The van der Waals surface area contributed by atoms with Crippen molar-refractivity contribution in [1.29, 1.82) is 0 Å². The van der Waals surface area contributed by atoms with Gasteiger partial charge in [-0.05, 0) is 19.1 Å². The Morgan fingerprint density at radius 3 is 2.80 bits per heavy atom. The van der Waals surface area contributed by atoms with Gasteiger partial charge in [-0.3, -0.25) is 0 Å². The quantitative estimate of drug-likeness (QED) is 0.868. The number of hydrogen-bond acceptors (Lipinski definition) is 3. The van der Waals surface area contributed by atoms with Crippen LogP contribution in [-0.2, 0) is 21.8 Å². The second kappa shape index (κ2) is 5.56. The first-order valence-corrected chi connectivity index (χ1v) is 7.09. The molecule has 2 unspecified atom stereocenters. The minimum Gasteiger partial charge on any atom is -0.343 e. The molecule has 2 aromatic rings. The number of rotatable bonds is 4. The first kappa shape index (κ1) is 13.6. The largest absolute Gasteiger partial charge is 0.343 e. The minimum absolute atomic E-state index is 0.0912. The minimum atomic E-state index is -0.686. The van der Waals surface area contributed by atoms with Crippen molar-refractivity contribution in [1.82, 2.24) is 9.55 Å². The first-order valence-electron chi connectivity index (χ1n) is 6.71. The second-order valence-corrected chi connectivity index (χ2v) is 5.49. The number of hydrogen-bond donors (Lipinski definition) is 0. The van der Waals surface area contributed by atoms with Crippen molar-refractivity contribution in [2.24, 2.45) is 0 Å². The summed E-state index contributed by atoms with van der Waals surface area (Å²) in [6.07, 6.45) is 6.33. The first-order chi connectivity index (χ1) is 9.68. The van der Waals surface area contributed by atoms with Gasteiger partial charge in [-0.1, -0.05) is 23.7 Å². The molecular formula is C15H17ClN2O2. The Hall–Kier alpha value is -1.36. The fourth-order valence-corrected chi connectivity index (χ4v) is 2.60. The van der Waals surface area contributed by atoms with E-state index < -0.39 is 5.79 Å². The molecule has 4 nitrogen and oxygen atoms in total. The van der Waals surface area contributed by atoms with Gasteiger partial charge in [0.25, 0.3) is 0 Å². The molecule has 2 heterocycles. The molecule has 0 saturated carbocycles. The van der Waals surface area contributed by atoms with Gasteiger partial charge in [-0.2, -0.15) is 0 Å². The van der Waals surface area contributed by atoms with Crippen LogP contribution >= 0.6 is 11.6 Å². The van der Waals surface area contributed by atoms with Gasteiger partial charge in [0.2, 0.25) is 0 Å². The highest BCUT2D eigenvalue weighted by atomic mass is 35.5. The molecule has 0 bridgehead atoms. The van der Waals surface area contributed by atoms with Crippen molar-refractivity contribution in [3.63, 3.8) is 0 Å². The number of nitrogens with zero attached hydrogens (tertiary/aromatic N) is 2. The van der Waals surface area contributed by atoms with E-state index >= 15 is 0 Å². The fourth-order valence-electron chi connectivity index (χ4n) is 2.47. The van der Waals surface area contributed by atoms with Crippen molar-refractivity contribution in [2.45, 2.75) is 31.8 Å². The van der Waals surface area contributed by atoms with Crippen molar-refractivity contribution in [3.8, 4) is 0 Å². The van der Waals surface area contributed by atoms with Gasteiger partial charge in [-0.25, -0.2) is 4.98 Å². The molecule has 0 spiro atoms. The number of imidazole rings is 1. The zero-order chi connectivity index (χ0) is 14.0. The number of benzene rings is 1. The summed E-state index contributed by atoms with van der Waals surface area (Å²) in [6, 6.07) is 7.67. The van der Waals surface area contributed by atoms with E-state index in [4.69, 9.17) is 21.1 Å². The van der Waals surface area contributed by atoms with Crippen LogP contribution in [0.2, 0.25) is 5.02 Å². The Morgan fingerprint density at radius 1 is 1.40 bits per heavy atom. The molecule has 0 radical (unpaired) electrons. The van der Waals surface area contributed by atoms with Gasteiger partial charge in [0.15, 0.2) is 5.79 Å². The second-order valence-electron chi connectivity index (χ2n) is 5.05. The number of aryl methyl sites for hydroxylation is 1. The molecule has 1 fully saturated rings. The molecule has 0 N–H and O–H groups in total. The van der Waals surface area contributed by atoms with Crippen LogP contribution in [-0.4, -0.2) is 22.3 Å². The SMILES string of the molecule is CC1COC(CCn2ccnc2)(c2ccc(Cl)cc2)O1. The average molecular weight is 293 g/mol. The van der Waals surface area contributed by atoms with Crippen LogP contribution in [0.15, 0.2) is 43.0 Å². The molecule has 2 atom stereocenters. The van der Waals surface area contributed by atoms with Crippen molar-refractivity contribution in [3.05, 3.63) is 53.6 Å². The van der Waals surface area contributed by atoms with Crippen LogP contribution in [0.3, 0.4) is 0 Å². The third-order valence-electron chi connectivity index (χ3n) is 3.49. The Morgan fingerprint density at radius 2 is 2.20 bits per heavy atom. The lowest BCUT2D eigenvalue weighted by molar-refractivity contribution is -0.182. The number of ether oxygens (including phenoxy) is 2. The molecule has 106 valence electrons. The Bertz CT molecular complexity index is 556. The summed E-state index contributed by atoms with van der Waals surface area (Å²) in [5.74, 6) is -0.686. The zero-order valence-corrected chi connectivity index (χ0v) is 12.1. The molecular weight excluding hydrogens is 276 g/mol. The van der Waals surface area contributed by atoms with Crippen LogP contribution in [0, 0.1) is 0 Å². The Labute approximate surface area is 123 Å². The van der Waals surface area contributed by atoms with E-state index in [0.717, 1.165) is 18.5 Å². The van der Waals surface area contributed by atoms with Gasteiger partial charge in [0, 0.05) is 35.9 Å². The smallest absolute Gasteiger partial charge is 0.197 e. The summed E-state index contributed by atoms with van der Waals surface area (Å²) >= 11 is 5.96. The van der Waals surface area contributed by atoms with Crippen LogP contribution in [0.25, 0.3) is 0 Å². The highest BCUT2D eigenvalue weighted by molar-refractivity contribution is 6.30. The predicted octanol–water partition coefficient (Wildman–Crippen LogP) is 3.21. The topological polar surface area (TPSA) is 36.3 Å². The van der Waals surface area contributed by atoms with Crippen molar-refractivity contribution in [2.75, 3.05) is 6.61 Å². The molecule has 1 aliphatic heterocycles. The maximum atomic E-state index is 6.07. The van der Waals surface area contributed by atoms with E-state index in [0.29, 0.717) is 11.6 Å². The summed E-state index contributed by atoms with van der Waals surface area (Å²) in [6.45, 7) is 3.41. The summed E-state index contributed by atoms with van der Waals surface area (Å²) in [5.41, 5.74) is 1.01. The number of aromatic nitrogens is 2. The highest BCUT2D eigenvalue weighted by Crippen LogP contribution is 2.38. The Kier molecular flexibility index (Phi) is 3.78. The molecule has 0 amide bonds. The standard InChI is InChI=1S/C15H17ClN2O2/c1-12-10-19-15(20-12,6-8-18-9-7-17-11-18)13-2-4-14(16)5-3-13/h2-5,7,9,11-12H,6,8,10H2,1H3. The van der Waals surface area contributed by atoms with Crippen molar-refractivity contribution < 1.29 is 9.47 Å². The van der Waals surface area contributed by atoms with E-state index in [1.54, 1.807) is 12.5 Å². The molecule has 1 aliphatic rings. The third kappa shape index (κ3) is 2.73. The fraction of sp³-hybridized carbons (Fsp3) is 0.400. The molecule has 5 heteroatoms. The number of halogens is 1. The van der Waals surface area contributed by atoms with E-state index in [1.807, 2.05) is 42.0 Å². The van der Waals surface area contributed by atoms with Crippen LogP contribution in [0.5, 0.6) is 0 Å². The van der Waals surface area contributed by atoms with Crippen LogP contribution in [0.1, 0.15) is 18.9 Å². The highest BCUT2D eigenvalue weighted by Gasteiger charge is 2.41. The van der Waals surface area contributed by atoms with Crippen LogP contribution in [0.4, 0.5) is 0 Å². The van der Waals surface area contributed by atoms with Gasteiger partial charge in [-0.15, -0.1) is 0 Å². The maximum Gasteiger partial charge on any atom is 0.197 e. The van der Waals surface area contributed by atoms with E-state index in [-0.39, 0.29) is 6.10 Å². The molecule has 3 rings (SSSR count). The summed E-state index contributed by atoms with van der Waals surface area (Å²) in [7, 11) is 0. The molecule has 1 saturated heterocycles. The van der Waals surface area contributed by atoms with E-state index in [2.05, 4.69) is 4.98 Å². The summed E-state index contributed by atoms with van der Waals surface area (Å²) < 4.78 is 14.1. The van der Waals surface area contributed by atoms with Gasteiger partial charge >= 0.3 is 0 Å². The average Bonchev–Trinajstić information content (AvgIpc) is 3.08. The lowest BCUT2D eigenvalue weighted by atomic mass is 10.0. The van der Waals surface area contributed by atoms with Gasteiger partial charge in [0.1, 0.15) is 0 Å².